The van der Waals surface area contributed by atoms with Gasteiger partial charge in [0.2, 0.25) is 0 Å². The van der Waals surface area contributed by atoms with E-state index in [2.05, 4.69) is 10.3 Å². The van der Waals surface area contributed by atoms with Crippen molar-refractivity contribution in [2.75, 3.05) is 6.61 Å². The van der Waals surface area contributed by atoms with E-state index in [4.69, 9.17) is 33.0 Å². The second-order valence-electron chi connectivity index (χ2n) is 5.31. The summed E-state index contributed by atoms with van der Waals surface area (Å²) >= 11 is 11.7. The van der Waals surface area contributed by atoms with Gasteiger partial charge in [-0.2, -0.15) is 0 Å². The highest BCUT2D eigenvalue weighted by Gasteiger charge is 2.28. The minimum atomic E-state index is -1.09. The fourth-order valence-electron chi connectivity index (χ4n) is 2.04. The van der Waals surface area contributed by atoms with Crippen LogP contribution >= 0.6 is 23.2 Å². The summed E-state index contributed by atoms with van der Waals surface area (Å²) in [5.41, 5.74) is -0.705. The summed E-state index contributed by atoms with van der Waals surface area (Å²) in [7, 11) is 0. The molecular formula is C13H18Cl2N2O3. The molecule has 1 unspecified atom stereocenters. The van der Waals surface area contributed by atoms with Gasteiger partial charge in [-0.3, -0.25) is 0 Å². The van der Waals surface area contributed by atoms with Gasteiger partial charge in [0.25, 0.3) is 0 Å². The summed E-state index contributed by atoms with van der Waals surface area (Å²) in [4.78, 5) is 14.8. The number of hydrogen-bond donors (Lipinski definition) is 2. The number of nitrogens with zero attached hydrogens (tertiary/aromatic N) is 1. The Morgan fingerprint density at radius 1 is 1.55 bits per heavy atom. The summed E-state index contributed by atoms with van der Waals surface area (Å²) < 4.78 is 5.58. The molecule has 1 heterocycles. The minimum absolute atomic E-state index is 0.153. The van der Waals surface area contributed by atoms with Gasteiger partial charge in [0.15, 0.2) is 5.75 Å². The molecule has 0 aliphatic carbocycles. The van der Waals surface area contributed by atoms with Crippen LogP contribution in [0.3, 0.4) is 0 Å². The zero-order valence-electron chi connectivity index (χ0n) is 11.6. The molecule has 1 aromatic heterocycles. The Labute approximate surface area is 128 Å². The lowest BCUT2D eigenvalue weighted by atomic mass is 9.91. The molecule has 112 valence electrons. The average molecular weight is 321 g/mol. The molecule has 0 aliphatic rings. The highest BCUT2D eigenvalue weighted by molar-refractivity contribution is 6.34. The van der Waals surface area contributed by atoms with Crippen LogP contribution in [0.1, 0.15) is 27.2 Å². The van der Waals surface area contributed by atoms with E-state index >= 15 is 0 Å². The first-order valence-electron chi connectivity index (χ1n) is 6.17. The molecule has 0 radical (unpaired) electrons. The molecule has 0 saturated carbocycles. The molecule has 1 atom stereocenters. The van der Waals surface area contributed by atoms with Crippen LogP contribution in [0.2, 0.25) is 10.2 Å². The molecule has 20 heavy (non-hydrogen) atoms. The molecule has 0 aromatic carbocycles. The summed E-state index contributed by atoms with van der Waals surface area (Å²) in [5.74, 6) is 0.688. The number of nitrogens with one attached hydrogen (secondary N) is 1. The number of rotatable bonds is 6. The fraction of sp³-hybridized carbons (Fsp3) is 0.538. The van der Waals surface area contributed by atoms with Gasteiger partial charge in [-0.05, 0) is 25.3 Å². The van der Waals surface area contributed by atoms with E-state index in [1.165, 1.54) is 12.3 Å². The maximum atomic E-state index is 10.9. The van der Waals surface area contributed by atoms with E-state index in [1.807, 2.05) is 13.8 Å². The van der Waals surface area contributed by atoms with Gasteiger partial charge in [-0.15, -0.1) is 0 Å². The van der Waals surface area contributed by atoms with Crippen LogP contribution in [-0.4, -0.2) is 28.3 Å². The Morgan fingerprint density at radius 2 is 2.20 bits per heavy atom. The first-order chi connectivity index (χ1) is 9.22. The zero-order chi connectivity index (χ0) is 15.3. The number of ether oxygens (including phenoxy) is 1. The number of pyridine rings is 1. The van der Waals surface area contributed by atoms with Crippen LogP contribution in [-0.2, 0) is 0 Å². The van der Waals surface area contributed by atoms with Gasteiger partial charge in [0.05, 0.1) is 16.8 Å². The first kappa shape index (κ1) is 16.9. The van der Waals surface area contributed by atoms with E-state index in [9.17, 15) is 4.79 Å². The minimum Gasteiger partial charge on any atom is -0.488 e. The molecule has 1 aromatic rings. The molecule has 1 rings (SSSR count). The van der Waals surface area contributed by atoms with Crippen LogP contribution in [0.4, 0.5) is 4.79 Å². The van der Waals surface area contributed by atoms with Crippen LogP contribution in [0.5, 0.6) is 5.75 Å². The Bertz CT molecular complexity index is 483. The Balaban J connectivity index is 2.77. The smallest absolute Gasteiger partial charge is 0.405 e. The van der Waals surface area contributed by atoms with Crippen molar-refractivity contribution in [1.82, 2.24) is 10.3 Å². The molecule has 0 fully saturated rings. The monoisotopic (exact) mass is 320 g/mol. The topological polar surface area (TPSA) is 71.5 Å². The third-order valence-corrected chi connectivity index (χ3v) is 3.10. The molecule has 0 aliphatic heterocycles. The lowest BCUT2D eigenvalue weighted by molar-refractivity contribution is 0.143. The van der Waals surface area contributed by atoms with Crippen molar-refractivity contribution in [3.05, 3.63) is 22.4 Å². The van der Waals surface area contributed by atoms with Gasteiger partial charge < -0.3 is 15.2 Å². The zero-order valence-corrected chi connectivity index (χ0v) is 13.1. The van der Waals surface area contributed by atoms with Crippen molar-refractivity contribution in [1.29, 1.82) is 0 Å². The molecule has 0 saturated heterocycles. The number of hydrogen-bond acceptors (Lipinski definition) is 3. The van der Waals surface area contributed by atoms with Crippen molar-refractivity contribution in [3.63, 3.8) is 0 Å². The number of amides is 1. The van der Waals surface area contributed by atoms with Gasteiger partial charge >= 0.3 is 6.09 Å². The van der Waals surface area contributed by atoms with Crippen molar-refractivity contribution >= 4 is 29.3 Å². The standard InChI is InChI=1S/C13H18Cl2N2O3/c1-8(2)5-13(3,17-12(18)19)7-20-10-6-16-11(15)4-9(10)14/h4,6,8,17H,5,7H2,1-3H3,(H,18,19). The molecule has 0 bridgehead atoms. The average Bonchev–Trinajstić information content (AvgIpc) is 2.25. The third kappa shape index (κ3) is 5.43. The molecule has 1 amide bonds. The van der Waals surface area contributed by atoms with Gasteiger partial charge in [-0.1, -0.05) is 37.0 Å². The fourth-order valence-corrected chi connectivity index (χ4v) is 2.46. The quantitative estimate of drug-likeness (QED) is 0.781. The first-order valence-corrected chi connectivity index (χ1v) is 6.92. The molecule has 2 N–H and O–H groups in total. The van der Waals surface area contributed by atoms with Gasteiger partial charge in [0, 0.05) is 0 Å². The number of carbonyl (C=O) groups is 1. The normalized spacial score (nSPS) is 13.9. The van der Waals surface area contributed by atoms with Crippen molar-refractivity contribution < 1.29 is 14.6 Å². The highest BCUT2D eigenvalue weighted by atomic mass is 35.5. The molecule has 5 nitrogen and oxygen atoms in total. The predicted octanol–water partition coefficient (Wildman–Crippen LogP) is 3.84. The molecule has 7 heteroatoms. The molecule has 0 spiro atoms. The van der Waals surface area contributed by atoms with E-state index in [0.29, 0.717) is 23.1 Å². The van der Waals surface area contributed by atoms with Crippen LogP contribution in [0, 0.1) is 5.92 Å². The van der Waals surface area contributed by atoms with E-state index < -0.39 is 11.6 Å². The van der Waals surface area contributed by atoms with Crippen molar-refractivity contribution in [2.45, 2.75) is 32.7 Å². The SMILES string of the molecule is CC(C)CC(C)(COc1cnc(Cl)cc1Cl)NC(=O)O. The van der Waals surface area contributed by atoms with Crippen molar-refractivity contribution in [3.8, 4) is 5.75 Å². The second kappa shape index (κ2) is 6.99. The van der Waals surface area contributed by atoms with Gasteiger partial charge in [0.1, 0.15) is 11.8 Å². The third-order valence-electron chi connectivity index (χ3n) is 2.60. The summed E-state index contributed by atoms with van der Waals surface area (Å²) in [5, 5.41) is 12.0. The van der Waals surface area contributed by atoms with Gasteiger partial charge in [-0.25, -0.2) is 9.78 Å². The Morgan fingerprint density at radius 3 is 2.70 bits per heavy atom. The van der Waals surface area contributed by atoms with E-state index in [-0.39, 0.29) is 11.8 Å². The second-order valence-corrected chi connectivity index (χ2v) is 6.11. The van der Waals surface area contributed by atoms with Crippen LogP contribution in [0.25, 0.3) is 0 Å². The summed E-state index contributed by atoms with van der Waals surface area (Å²) in [6.45, 7) is 5.97. The highest BCUT2D eigenvalue weighted by Crippen LogP contribution is 2.27. The van der Waals surface area contributed by atoms with Crippen molar-refractivity contribution in [2.24, 2.45) is 5.92 Å². The van der Waals surface area contributed by atoms with E-state index in [0.717, 1.165) is 0 Å². The number of halogens is 2. The molecular weight excluding hydrogens is 303 g/mol. The maximum absolute atomic E-state index is 10.9. The predicted molar refractivity (Wildman–Crippen MR) is 78.8 cm³/mol. The number of carboxylic acid groups (broad SMARTS) is 1. The maximum Gasteiger partial charge on any atom is 0.405 e. The van der Waals surface area contributed by atoms with Crippen LogP contribution in [0.15, 0.2) is 12.3 Å². The summed E-state index contributed by atoms with van der Waals surface area (Å²) in [6.07, 6.45) is 0.969. The lowest BCUT2D eigenvalue weighted by Gasteiger charge is -2.31. The Hall–Kier alpha value is -1.20. The number of aromatic nitrogens is 1. The Kier molecular flexibility index (Phi) is 5.89. The van der Waals surface area contributed by atoms with Crippen LogP contribution < -0.4 is 10.1 Å². The summed E-state index contributed by atoms with van der Waals surface area (Å²) in [6, 6.07) is 1.48. The van der Waals surface area contributed by atoms with E-state index in [1.54, 1.807) is 6.92 Å². The largest absolute Gasteiger partial charge is 0.488 e. The lowest BCUT2D eigenvalue weighted by Crippen LogP contribution is -2.50.